The van der Waals surface area contributed by atoms with Gasteiger partial charge in [0, 0.05) is 6.54 Å². The molecule has 1 atom stereocenters. The molecule has 0 unspecified atom stereocenters. The summed E-state index contributed by atoms with van der Waals surface area (Å²) in [6.45, 7) is 1.59. The molecule has 2 heterocycles. The average Bonchev–Trinajstić information content (AvgIpc) is 3.37. The lowest BCUT2D eigenvalue weighted by atomic mass is 9.93. The Labute approximate surface area is 169 Å². The Morgan fingerprint density at radius 1 is 1.14 bits per heavy atom. The third-order valence-electron chi connectivity index (χ3n) is 5.90. The van der Waals surface area contributed by atoms with E-state index in [2.05, 4.69) is 23.3 Å². The van der Waals surface area contributed by atoms with Gasteiger partial charge in [-0.05, 0) is 36.1 Å². The largest absolute Gasteiger partial charge is 0.493 e. The van der Waals surface area contributed by atoms with Crippen LogP contribution in [0.5, 0.6) is 5.75 Å². The van der Waals surface area contributed by atoms with E-state index in [0.717, 1.165) is 18.5 Å². The van der Waals surface area contributed by atoms with E-state index in [-0.39, 0.29) is 5.91 Å². The first-order valence-corrected chi connectivity index (χ1v) is 9.91. The number of morpholine rings is 1. The van der Waals surface area contributed by atoms with Crippen LogP contribution in [0.15, 0.2) is 60.8 Å². The van der Waals surface area contributed by atoms with Crippen LogP contribution in [0, 0.1) is 0 Å². The number of nitrogens with zero attached hydrogens (tertiary/aromatic N) is 3. The molecule has 0 N–H and O–H groups in total. The number of para-hydroxylation sites is 1. The number of fused-ring (bicyclic) bond motifs is 2. The summed E-state index contributed by atoms with van der Waals surface area (Å²) in [6.07, 6.45) is 3.62. The third kappa shape index (κ3) is 3.00. The maximum absolute atomic E-state index is 13.4. The fraction of sp³-hybridized carbons (Fsp3) is 0.304. The molecule has 1 saturated heterocycles. The lowest BCUT2D eigenvalue weighted by molar-refractivity contribution is -0.104. The second-order valence-corrected chi connectivity index (χ2v) is 7.55. The van der Waals surface area contributed by atoms with Crippen molar-refractivity contribution in [1.82, 2.24) is 14.7 Å². The lowest BCUT2D eigenvalue weighted by Crippen LogP contribution is -2.51. The van der Waals surface area contributed by atoms with Crippen LogP contribution in [0.25, 0.3) is 5.69 Å². The molecule has 6 heteroatoms. The smallest absolute Gasteiger partial charge is 0.278 e. The Bertz CT molecular complexity index is 1040. The molecule has 1 amide bonds. The molecule has 2 aliphatic rings. The molecule has 29 heavy (non-hydrogen) atoms. The van der Waals surface area contributed by atoms with Crippen molar-refractivity contribution in [3.05, 3.63) is 77.6 Å². The summed E-state index contributed by atoms with van der Waals surface area (Å²) in [5, 5.41) is 4.55. The van der Waals surface area contributed by atoms with Gasteiger partial charge in [0.15, 0.2) is 11.4 Å². The minimum Gasteiger partial charge on any atom is -0.493 e. The zero-order chi connectivity index (χ0) is 19.8. The maximum Gasteiger partial charge on any atom is 0.278 e. The fourth-order valence-corrected chi connectivity index (χ4v) is 4.44. The van der Waals surface area contributed by atoms with Crippen molar-refractivity contribution >= 4 is 5.91 Å². The van der Waals surface area contributed by atoms with Gasteiger partial charge in [-0.3, -0.25) is 4.79 Å². The molecule has 1 aliphatic heterocycles. The fourth-order valence-electron chi connectivity index (χ4n) is 4.44. The molecule has 1 spiro atoms. The topological polar surface area (TPSA) is 56.6 Å². The quantitative estimate of drug-likeness (QED) is 0.690. The minimum absolute atomic E-state index is 0.122. The van der Waals surface area contributed by atoms with Gasteiger partial charge in [0.1, 0.15) is 5.60 Å². The molecule has 0 radical (unpaired) electrons. The van der Waals surface area contributed by atoms with Crippen molar-refractivity contribution in [3.8, 4) is 11.4 Å². The average molecular weight is 389 g/mol. The van der Waals surface area contributed by atoms with E-state index in [9.17, 15) is 4.79 Å². The van der Waals surface area contributed by atoms with Crippen molar-refractivity contribution < 1.29 is 14.3 Å². The molecule has 3 aromatic rings. The van der Waals surface area contributed by atoms with Crippen molar-refractivity contribution in [2.24, 2.45) is 0 Å². The second kappa shape index (κ2) is 7.04. The third-order valence-corrected chi connectivity index (χ3v) is 5.90. The number of aromatic nitrogens is 2. The van der Waals surface area contributed by atoms with Gasteiger partial charge < -0.3 is 14.4 Å². The molecule has 1 aliphatic carbocycles. The van der Waals surface area contributed by atoms with Gasteiger partial charge in [-0.25, -0.2) is 4.68 Å². The van der Waals surface area contributed by atoms with E-state index in [0.29, 0.717) is 31.1 Å². The first kappa shape index (κ1) is 17.9. The number of benzene rings is 2. The van der Waals surface area contributed by atoms with Crippen LogP contribution in [-0.4, -0.2) is 47.4 Å². The van der Waals surface area contributed by atoms with Crippen LogP contribution >= 0.6 is 0 Å². The van der Waals surface area contributed by atoms with E-state index in [4.69, 9.17) is 9.47 Å². The molecule has 1 aromatic heterocycles. The summed E-state index contributed by atoms with van der Waals surface area (Å²) in [7, 11) is 1.57. The number of hydrogen-bond donors (Lipinski definition) is 0. The van der Waals surface area contributed by atoms with Gasteiger partial charge in [0.25, 0.3) is 5.91 Å². The second-order valence-electron chi connectivity index (χ2n) is 7.55. The summed E-state index contributed by atoms with van der Waals surface area (Å²) in [5.41, 5.74) is 3.32. The lowest BCUT2D eigenvalue weighted by Gasteiger charge is -2.41. The predicted molar refractivity (Wildman–Crippen MR) is 108 cm³/mol. The highest BCUT2D eigenvalue weighted by Gasteiger charge is 2.45. The molecular formula is C23H23N3O3. The molecule has 2 aromatic carbocycles. The first-order valence-electron chi connectivity index (χ1n) is 9.91. The molecular weight excluding hydrogens is 366 g/mol. The molecule has 1 fully saturated rings. The van der Waals surface area contributed by atoms with Crippen molar-refractivity contribution in [3.63, 3.8) is 0 Å². The van der Waals surface area contributed by atoms with Gasteiger partial charge in [0.05, 0.1) is 32.1 Å². The zero-order valence-corrected chi connectivity index (χ0v) is 16.4. The van der Waals surface area contributed by atoms with Gasteiger partial charge in [-0.15, -0.1) is 0 Å². The Hall–Kier alpha value is -3.12. The van der Waals surface area contributed by atoms with E-state index < -0.39 is 5.60 Å². The minimum atomic E-state index is -0.417. The van der Waals surface area contributed by atoms with Crippen LogP contribution in [0.2, 0.25) is 0 Å². The SMILES string of the molecule is COc1cn(-c2ccccc2)nc1C(=O)N1CCO[C@@]2(CCc3ccccc32)C1. The van der Waals surface area contributed by atoms with Gasteiger partial charge >= 0.3 is 0 Å². The summed E-state index contributed by atoms with van der Waals surface area (Å²) in [6, 6.07) is 18.1. The Balaban J connectivity index is 1.45. The number of ether oxygens (including phenoxy) is 2. The summed E-state index contributed by atoms with van der Waals surface area (Å²) < 4.78 is 13.4. The highest BCUT2D eigenvalue weighted by atomic mass is 16.5. The standard InChI is InChI=1S/C23H23N3O3/c1-28-20-15-26(18-8-3-2-4-9-18)24-21(20)22(27)25-13-14-29-23(16-25)12-11-17-7-5-6-10-19(17)23/h2-10,15H,11-14,16H2,1H3/t23-/m0/s1. The highest BCUT2D eigenvalue weighted by Crippen LogP contribution is 2.42. The normalized spacial score (nSPS) is 20.7. The van der Waals surface area contributed by atoms with E-state index >= 15 is 0 Å². The monoisotopic (exact) mass is 389 g/mol. The first-order chi connectivity index (χ1) is 14.2. The van der Waals surface area contributed by atoms with Crippen molar-refractivity contribution in [2.75, 3.05) is 26.8 Å². The van der Waals surface area contributed by atoms with E-state index in [1.165, 1.54) is 11.1 Å². The maximum atomic E-state index is 13.4. The number of rotatable bonds is 3. The predicted octanol–water partition coefficient (Wildman–Crippen LogP) is 3.20. The Kier molecular flexibility index (Phi) is 4.36. The van der Waals surface area contributed by atoms with Crippen LogP contribution in [-0.2, 0) is 16.8 Å². The highest BCUT2D eigenvalue weighted by molar-refractivity contribution is 5.95. The summed E-state index contributed by atoms with van der Waals surface area (Å²) in [4.78, 5) is 15.2. The van der Waals surface area contributed by atoms with Gasteiger partial charge in [0.2, 0.25) is 0 Å². The molecule has 0 saturated carbocycles. The van der Waals surface area contributed by atoms with E-state index in [1.54, 1.807) is 18.0 Å². The molecule has 6 nitrogen and oxygen atoms in total. The number of methoxy groups -OCH3 is 1. The number of aryl methyl sites for hydroxylation is 1. The van der Waals surface area contributed by atoms with Crippen molar-refractivity contribution in [1.29, 1.82) is 0 Å². The van der Waals surface area contributed by atoms with Crippen LogP contribution in [0.4, 0.5) is 0 Å². The zero-order valence-electron chi connectivity index (χ0n) is 16.4. The van der Waals surface area contributed by atoms with Gasteiger partial charge in [-0.1, -0.05) is 42.5 Å². The Morgan fingerprint density at radius 3 is 2.76 bits per heavy atom. The van der Waals surface area contributed by atoms with Gasteiger partial charge in [-0.2, -0.15) is 5.10 Å². The number of carbonyl (C=O) groups excluding carboxylic acids is 1. The number of hydrogen-bond acceptors (Lipinski definition) is 4. The van der Waals surface area contributed by atoms with E-state index in [1.807, 2.05) is 41.3 Å². The van der Waals surface area contributed by atoms with Crippen LogP contribution < -0.4 is 4.74 Å². The van der Waals surface area contributed by atoms with Crippen molar-refractivity contribution in [2.45, 2.75) is 18.4 Å². The number of amides is 1. The van der Waals surface area contributed by atoms with Crippen LogP contribution in [0.3, 0.4) is 0 Å². The van der Waals surface area contributed by atoms with Crippen LogP contribution in [0.1, 0.15) is 28.0 Å². The molecule has 5 rings (SSSR count). The summed E-state index contributed by atoms with van der Waals surface area (Å²) >= 11 is 0. The Morgan fingerprint density at radius 2 is 1.93 bits per heavy atom. The molecule has 148 valence electrons. The molecule has 0 bridgehead atoms. The number of carbonyl (C=O) groups is 1. The summed E-state index contributed by atoms with van der Waals surface area (Å²) in [5.74, 6) is 0.356.